The van der Waals surface area contributed by atoms with Gasteiger partial charge in [-0.1, -0.05) is 6.07 Å². The van der Waals surface area contributed by atoms with Crippen LogP contribution in [-0.2, 0) is 11.3 Å². The van der Waals surface area contributed by atoms with E-state index in [1.807, 2.05) is 6.07 Å². The first-order chi connectivity index (χ1) is 9.23. The monoisotopic (exact) mass is 281 g/mol. The second-order valence-electron chi connectivity index (χ2n) is 5.92. The molecule has 112 valence electrons. The molecule has 0 aliphatic carbocycles. The van der Waals surface area contributed by atoms with Crippen LogP contribution >= 0.6 is 0 Å². The predicted molar refractivity (Wildman–Crippen MR) is 80.3 cm³/mol. The molecule has 0 radical (unpaired) electrons. The fourth-order valence-electron chi connectivity index (χ4n) is 1.72. The van der Waals surface area contributed by atoms with E-state index in [1.165, 1.54) is 6.07 Å². The Hall–Kier alpha value is -1.62. The number of nitrogens with one attached hydrogen (secondary N) is 2. The molecule has 1 aromatic rings. The lowest BCUT2D eigenvalue weighted by Crippen LogP contribution is -2.35. The molecule has 0 saturated carbocycles. The number of anilines is 1. The maximum absolute atomic E-state index is 14.1. The summed E-state index contributed by atoms with van der Waals surface area (Å²) in [5, 5.41) is 5.83. The Morgan fingerprint density at radius 1 is 1.35 bits per heavy atom. The number of carbonyl (C=O) groups is 1. The second-order valence-corrected chi connectivity index (χ2v) is 5.92. The first-order valence-corrected chi connectivity index (χ1v) is 6.68. The van der Waals surface area contributed by atoms with E-state index in [4.69, 9.17) is 0 Å². The predicted octanol–water partition coefficient (Wildman–Crippen LogP) is 1.90. The van der Waals surface area contributed by atoms with Crippen LogP contribution in [0.3, 0.4) is 0 Å². The third kappa shape index (κ3) is 5.17. The van der Waals surface area contributed by atoms with Crippen molar-refractivity contribution in [1.29, 1.82) is 0 Å². The van der Waals surface area contributed by atoms with Crippen molar-refractivity contribution in [3.8, 4) is 0 Å². The molecule has 0 aromatic heterocycles. The molecule has 0 unspecified atom stereocenters. The van der Waals surface area contributed by atoms with E-state index in [9.17, 15) is 9.18 Å². The van der Waals surface area contributed by atoms with E-state index >= 15 is 0 Å². The van der Waals surface area contributed by atoms with Gasteiger partial charge in [0.2, 0.25) is 5.91 Å². The van der Waals surface area contributed by atoms with Gasteiger partial charge in [-0.15, -0.1) is 0 Å². The summed E-state index contributed by atoms with van der Waals surface area (Å²) in [5.41, 5.74) is 1.30. The molecule has 1 rings (SSSR count). The highest BCUT2D eigenvalue weighted by atomic mass is 19.1. The normalized spacial score (nSPS) is 11.3. The van der Waals surface area contributed by atoms with Crippen molar-refractivity contribution in [2.75, 3.05) is 25.5 Å². The van der Waals surface area contributed by atoms with Crippen LogP contribution in [-0.4, -0.2) is 32.1 Å². The maximum atomic E-state index is 14.1. The molecule has 0 atom stereocenters. The van der Waals surface area contributed by atoms with Crippen LogP contribution in [0.4, 0.5) is 10.1 Å². The van der Waals surface area contributed by atoms with Gasteiger partial charge < -0.3 is 15.5 Å². The van der Waals surface area contributed by atoms with Gasteiger partial charge in [0.1, 0.15) is 5.82 Å². The third-order valence-corrected chi connectivity index (χ3v) is 2.91. The fraction of sp³-hybridized carbons (Fsp3) is 0.533. The average Bonchev–Trinajstić information content (AvgIpc) is 2.35. The van der Waals surface area contributed by atoms with Crippen LogP contribution in [0.15, 0.2) is 18.2 Å². The van der Waals surface area contributed by atoms with Gasteiger partial charge in [-0.05, 0) is 38.5 Å². The zero-order valence-corrected chi connectivity index (χ0v) is 12.9. The molecule has 0 heterocycles. The minimum absolute atomic E-state index is 0.00878. The molecule has 1 aromatic carbocycles. The van der Waals surface area contributed by atoms with E-state index in [0.29, 0.717) is 12.2 Å². The number of carbonyl (C=O) groups excluding carboxylic acids is 1. The molecule has 1 amide bonds. The summed E-state index contributed by atoms with van der Waals surface area (Å²) in [6.07, 6.45) is 0. The van der Waals surface area contributed by atoms with Crippen LogP contribution in [0.1, 0.15) is 26.3 Å². The van der Waals surface area contributed by atoms with Gasteiger partial charge in [-0.3, -0.25) is 4.79 Å². The van der Waals surface area contributed by atoms with Crippen molar-refractivity contribution < 1.29 is 9.18 Å². The number of halogens is 1. The molecule has 0 bridgehead atoms. The number of likely N-dealkylation sites (N-methyl/N-ethyl adjacent to an activating group) is 2. The summed E-state index contributed by atoms with van der Waals surface area (Å²) >= 11 is 0. The average molecular weight is 281 g/mol. The van der Waals surface area contributed by atoms with Gasteiger partial charge in [-0.2, -0.15) is 0 Å². The Morgan fingerprint density at radius 3 is 2.50 bits per heavy atom. The van der Waals surface area contributed by atoms with Gasteiger partial charge in [-0.25, -0.2) is 4.39 Å². The fourth-order valence-corrected chi connectivity index (χ4v) is 1.72. The maximum Gasteiger partial charge on any atom is 0.239 e. The molecule has 20 heavy (non-hydrogen) atoms. The van der Waals surface area contributed by atoms with E-state index < -0.39 is 0 Å². The lowest BCUT2D eigenvalue weighted by molar-refractivity contribution is -0.119. The minimum Gasteiger partial charge on any atom is -0.363 e. The lowest BCUT2D eigenvalue weighted by atomic mass is 10.1. The van der Waals surface area contributed by atoms with Crippen LogP contribution in [0.2, 0.25) is 0 Å². The summed E-state index contributed by atoms with van der Waals surface area (Å²) in [6.45, 7) is 6.94. The summed E-state index contributed by atoms with van der Waals surface area (Å²) in [4.78, 5) is 12.9. The van der Waals surface area contributed by atoms with E-state index in [-0.39, 0.29) is 23.8 Å². The van der Waals surface area contributed by atoms with Gasteiger partial charge in [0.25, 0.3) is 0 Å². The summed E-state index contributed by atoms with van der Waals surface area (Å²) in [6, 6.07) is 5.09. The van der Waals surface area contributed by atoms with Crippen molar-refractivity contribution >= 4 is 11.6 Å². The van der Waals surface area contributed by atoms with E-state index in [0.717, 1.165) is 5.56 Å². The second kappa shape index (κ2) is 6.70. The van der Waals surface area contributed by atoms with Gasteiger partial charge in [0, 0.05) is 26.2 Å². The smallest absolute Gasteiger partial charge is 0.239 e. The number of hydrogen-bond donors (Lipinski definition) is 2. The number of rotatable bonds is 5. The van der Waals surface area contributed by atoms with E-state index in [2.05, 4.69) is 31.4 Å². The SMILES string of the molecule is CNC(=O)CN(C)c1ccc(CNC(C)(C)C)cc1F. The third-order valence-electron chi connectivity index (χ3n) is 2.91. The quantitative estimate of drug-likeness (QED) is 0.866. The Balaban J connectivity index is 2.75. The highest BCUT2D eigenvalue weighted by Gasteiger charge is 2.13. The van der Waals surface area contributed by atoms with Crippen molar-refractivity contribution in [3.63, 3.8) is 0 Å². The minimum atomic E-state index is -0.315. The number of hydrogen-bond acceptors (Lipinski definition) is 3. The highest BCUT2D eigenvalue weighted by Crippen LogP contribution is 2.19. The molecule has 0 saturated heterocycles. The van der Waals surface area contributed by atoms with Crippen molar-refractivity contribution in [1.82, 2.24) is 10.6 Å². The van der Waals surface area contributed by atoms with Crippen LogP contribution < -0.4 is 15.5 Å². The Bertz CT molecular complexity index is 469. The molecule has 0 aliphatic rings. The molecule has 4 nitrogen and oxygen atoms in total. The molecule has 0 fully saturated rings. The molecule has 0 aliphatic heterocycles. The van der Waals surface area contributed by atoms with Crippen molar-refractivity contribution in [2.24, 2.45) is 0 Å². The first kappa shape index (κ1) is 16.4. The number of nitrogens with zero attached hydrogens (tertiary/aromatic N) is 1. The zero-order valence-electron chi connectivity index (χ0n) is 12.9. The summed E-state index contributed by atoms with van der Waals surface area (Å²) < 4.78 is 14.1. The Kier molecular flexibility index (Phi) is 5.51. The lowest BCUT2D eigenvalue weighted by Gasteiger charge is -2.22. The number of amides is 1. The topological polar surface area (TPSA) is 44.4 Å². The van der Waals surface area contributed by atoms with Gasteiger partial charge in [0.05, 0.1) is 12.2 Å². The highest BCUT2D eigenvalue weighted by molar-refractivity contribution is 5.80. The summed E-state index contributed by atoms with van der Waals surface area (Å²) in [7, 11) is 3.26. The molecular weight excluding hydrogens is 257 g/mol. The standard InChI is InChI=1S/C15H24FN3O/c1-15(2,3)18-9-11-6-7-13(12(16)8-11)19(5)10-14(20)17-4/h6-8,18H,9-10H2,1-5H3,(H,17,20). The largest absolute Gasteiger partial charge is 0.363 e. The zero-order chi connectivity index (χ0) is 15.3. The van der Waals surface area contributed by atoms with Gasteiger partial charge in [0.15, 0.2) is 0 Å². The Morgan fingerprint density at radius 2 is 2.00 bits per heavy atom. The van der Waals surface area contributed by atoms with Crippen molar-refractivity contribution in [2.45, 2.75) is 32.9 Å². The van der Waals surface area contributed by atoms with Crippen LogP contribution in [0.5, 0.6) is 0 Å². The van der Waals surface area contributed by atoms with Crippen LogP contribution in [0.25, 0.3) is 0 Å². The molecule has 2 N–H and O–H groups in total. The van der Waals surface area contributed by atoms with E-state index in [1.54, 1.807) is 25.1 Å². The first-order valence-electron chi connectivity index (χ1n) is 6.68. The Labute approximate surface area is 120 Å². The molecule has 0 spiro atoms. The van der Waals surface area contributed by atoms with Crippen molar-refractivity contribution in [3.05, 3.63) is 29.6 Å². The van der Waals surface area contributed by atoms with Gasteiger partial charge >= 0.3 is 0 Å². The van der Waals surface area contributed by atoms with Crippen LogP contribution in [0, 0.1) is 5.82 Å². The summed E-state index contributed by atoms with van der Waals surface area (Å²) in [5.74, 6) is -0.463. The molecular formula is C15H24FN3O. The number of benzene rings is 1. The molecule has 5 heteroatoms.